The number of aromatic nitrogens is 2. The molecule has 1 saturated heterocycles. The number of nitrogens with zero attached hydrogens (tertiary/aromatic N) is 3. The number of benzene rings is 2. The Morgan fingerprint density at radius 2 is 1.38 bits per heavy atom. The maximum atomic E-state index is 12.4. The summed E-state index contributed by atoms with van der Waals surface area (Å²) in [4.78, 5) is 14.4. The quantitative estimate of drug-likeness (QED) is 0.277. The van der Waals surface area contributed by atoms with Crippen molar-refractivity contribution in [2.75, 3.05) is 21.3 Å². The Morgan fingerprint density at radius 1 is 0.821 bits per heavy atom. The molecular weight excluding hydrogens is 519 g/mol. The van der Waals surface area contributed by atoms with Crippen LogP contribution in [0, 0.1) is 0 Å². The van der Waals surface area contributed by atoms with Crippen molar-refractivity contribution in [3.63, 3.8) is 0 Å². The van der Waals surface area contributed by atoms with E-state index in [1.807, 2.05) is 31.2 Å². The van der Waals surface area contributed by atoms with Gasteiger partial charge in [0.15, 0.2) is 6.10 Å². The van der Waals surface area contributed by atoms with Gasteiger partial charge in [-0.2, -0.15) is 0 Å². The summed E-state index contributed by atoms with van der Waals surface area (Å²) in [6.45, 7) is 1.86. The van der Waals surface area contributed by atoms with Crippen LogP contribution in [-0.4, -0.2) is 74.6 Å². The van der Waals surface area contributed by atoms with Gasteiger partial charge in [0.2, 0.25) is 0 Å². The van der Waals surface area contributed by atoms with Crippen LogP contribution in [0.3, 0.4) is 0 Å². The normalized spacial score (nSPS) is 23.6. The van der Waals surface area contributed by atoms with Gasteiger partial charge in [0.1, 0.15) is 18.0 Å². The summed E-state index contributed by atoms with van der Waals surface area (Å²) in [5, 5.41) is 4.07. The van der Waals surface area contributed by atoms with E-state index in [4.69, 9.17) is 23.8 Å². The van der Waals surface area contributed by atoms with E-state index in [1.54, 1.807) is 26.6 Å². The molecule has 5 atom stereocenters. The van der Waals surface area contributed by atoms with E-state index in [1.165, 1.54) is 37.6 Å². The van der Waals surface area contributed by atoms with Gasteiger partial charge in [0.05, 0.1) is 36.1 Å². The molecule has 208 valence electrons. The van der Waals surface area contributed by atoms with E-state index < -0.39 is 24.9 Å². The SMILES string of the molecule is CO[C@@H]1[C@@H](OC)[C@H](C)O[C@@H](O/N=C/c2ccc(-c3cncc(-c4ccc(OC(F)(F)F)cc4)n3)cc2)[C@@H]1OC. The summed E-state index contributed by atoms with van der Waals surface area (Å²) >= 11 is 0. The molecule has 1 aliphatic rings. The number of rotatable bonds is 9. The van der Waals surface area contributed by atoms with Gasteiger partial charge in [-0.05, 0) is 36.8 Å². The summed E-state index contributed by atoms with van der Waals surface area (Å²) in [6.07, 6.45) is -2.42. The summed E-state index contributed by atoms with van der Waals surface area (Å²) in [6, 6.07) is 12.8. The lowest BCUT2D eigenvalue weighted by molar-refractivity contribution is -0.305. The fourth-order valence-corrected chi connectivity index (χ4v) is 4.26. The van der Waals surface area contributed by atoms with Crippen LogP contribution in [0.25, 0.3) is 22.5 Å². The molecule has 0 radical (unpaired) electrons. The van der Waals surface area contributed by atoms with Crippen LogP contribution < -0.4 is 4.74 Å². The van der Waals surface area contributed by atoms with Gasteiger partial charge >= 0.3 is 6.36 Å². The first-order chi connectivity index (χ1) is 18.7. The van der Waals surface area contributed by atoms with Crippen LogP contribution in [0.15, 0.2) is 66.1 Å². The monoisotopic (exact) mass is 547 g/mol. The summed E-state index contributed by atoms with van der Waals surface area (Å²) < 4.78 is 63.6. The first-order valence-electron chi connectivity index (χ1n) is 11.9. The number of alkyl halides is 3. The lowest BCUT2D eigenvalue weighted by Crippen LogP contribution is -2.59. The molecule has 3 aromatic rings. The van der Waals surface area contributed by atoms with Crippen molar-refractivity contribution in [1.29, 1.82) is 0 Å². The Kier molecular flexibility index (Phi) is 9.12. The maximum Gasteiger partial charge on any atom is 0.573 e. The molecular formula is C27H28F3N3O6. The third-order valence-electron chi connectivity index (χ3n) is 6.13. The minimum Gasteiger partial charge on any atom is -0.406 e. The molecule has 1 fully saturated rings. The standard InChI is InChI=1S/C27H28F3N3O6/c1-16-23(34-2)24(35-3)25(36-4)26(37-16)39-32-13-17-5-7-18(8-6-17)21-14-31-15-22(33-21)19-9-11-20(12-10-19)38-27(28,29)30/h5-16,23-26H,1-4H3/b32-13+/t16-,23-,24+,25+,26-/m0/s1. The number of oxime groups is 1. The van der Waals surface area contributed by atoms with Gasteiger partial charge in [0, 0.05) is 32.5 Å². The highest BCUT2D eigenvalue weighted by Gasteiger charge is 2.46. The van der Waals surface area contributed by atoms with Gasteiger partial charge in [-0.1, -0.05) is 29.4 Å². The summed E-state index contributed by atoms with van der Waals surface area (Å²) in [5.41, 5.74) is 3.25. The molecule has 0 aliphatic carbocycles. The van der Waals surface area contributed by atoms with Crippen LogP contribution in [0.1, 0.15) is 12.5 Å². The fraction of sp³-hybridized carbons (Fsp3) is 0.370. The molecule has 12 heteroatoms. The Bertz CT molecular complexity index is 1240. The molecule has 39 heavy (non-hydrogen) atoms. The molecule has 2 heterocycles. The molecule has 0 N–H and O–H groups in total. The minimum absolute atomic E-state index is 0.297. The zero-order valence-electron chi connectivity index (χ0n) is 21.7. The molecule has 0 spiro atoms. The van der Waals surface area contributed by atoms with E-state index in [9.17, 15) is 13.2 Å². The van der Waals surface area contributed by atoms with Crippen molar-refractivity contribution < 1.29 is 41.7 Å². The molecule has 0 amide bonds. The molecule has 9 nitrogen and oxygen atoms in total. The van der Waals surface area contributed by atoms with Crippen molar-refractivity contribution >= 4 is 6.21 Å². The number of ether oxygens (including phenoxy) is 5. The maximum absolute atomic E-state index is 12.4. The third-order valence-corrected chi connectivity index (χ3v) is 6.13. The average molecular weight is 548 g/mol. The number of halogens is 3. The molecule has 0 saturated carbocycles. The van der Waals surface area contributed by atoms with Crippen LogP contribution in [0.5, 0.6) is 5.75 Å². The largest absolute Gasteiger partial charge is 0.573 e. The minimum atomic E-state index is -4.75. The number of hydrogen-bond donors (Lipinski definition) is 0. The lowest BCUT2D eigenvalue weighted by atomic mass is 9.99. The first kappa shape index (κ1) is 28.4. The second-order valence-electron chi connectivity index (χ2n) is 8.63. The first-order valence-corrected chi connectivity index (χ1v) is 11.9. The zero-order valence-corrected chi connectivity index (χ0v) is 21.7. The van der Waals surface area contributed by atoms with Crippen LogP contribution in [-0.2, 0) is 23.8 Å². The highest BCUT2D eigenvalue weighted by Crippen LogP contribution is 2.29. The second-order valence-corrected chi connectivity index (χ2v) is 8.63. The van der Waals surface area contributed by atoms with Gasteiger partial charge in [-0.25, -0.2) is 4.98 Å². The van der Waals surface area contributed by atoms with Gasteiger partial charge in [-0.15, -0.1) is 13.2 Å². The Hall–Kier alpha value is -3.58. The van der Waals surface area contributed by atoms with Gasteiger partial charge < -0.3 is 28.5 Å². The predicted molar refractivity (Wildman–Crippen MR) is 135 cm³/mol. The topological polar surface area (TPSA) is 93.5 Å². The fourth-order valence-electron chi connectivity index (χ4n) is 4.26. The summed E-state index contributed by atoms with van der Waals surface area (Å²) in [5.74, 6) is -0.309. The van der Waals surface area contributed by atoms with Gasteiger partial charge in [-0.3, -0.25) is 4.98 Å². The van der Waals surface area contributed by atoms with E-state index in [-0.39, 0.29) is 18.0 Å². The zero-order chi connectivity index (χ0) is 28.0. The Balaban J connectivity index is 1.41. The molecule has 0 bridgehead atoms. The lowest BCUT2D eigenvalue weighted by Gasteiger charge is -2.42. The molecule has 2 aromatic carbocycles. The van der Waals surface area contributed by atoms with Crippen LogP contribution in [0.4, 0.5) is 13.2 Å². The number of methoxy groups -OCH3 is 3. The van der Waals surface area contributed by atoms with Crippen molar-refractivity contribution in [1.82, 2.24) is 9.97 Å². The van der Waals surface area contributed by atoms with Crippen molar-refractivity contribution in [3.05, 3.63) is 66.5 Å². The number of hydrogen-bond acceptors (Lipinski definition) is 9. The predicted octanol–water partition coefficient (Wildman–Crippen LogP) is 4.85. The Labute approximate surface area is 223 Å². The van der Waals surface area contributed by atoms with Crippen LogP contribution in [0.2, 0.25) is 0 Å². The molecule has 0 unspecified atom stereocenters. The van der Waals surface area contributed by atoms with Crippen molar-refractivity contribution in [3.8, 4) is 28.3 Å². The second kappa shape index (κ2) is 12.5. The Morgan fingerprint density at radius 3 is 1.92 bits per heavy atom. The molecule has 1 aliphatic heterocycles. The highest BCUT2D eigenvalue weighted by molar-refractivity contribution is 5.80. The van der Waals surface area contributed by atoms with E-state index in [2.05, 4.69) is 19.9 Å². The molecule has 4 rings (SSSR count). The van der Waals surface area contributed by atoms with Crippen LogP contribution >= 0.6 is 0 Å². The van der Waals surface area contributed by atoms with E-state index >= 15 is 0 Å². The summed E-state index contributed by atoms with van der Waals surface area (Å²) in [7, 11) is 4.70. The molecule has 1 aromatic heterocycles. The average Bonchev–Trinajstić information content (AvgIpc) is 2.92. The van der Waals surface area contributed by atoms with E-state index in [0.29, 0.717) is 17.0 Å². The smallest absolute Gasteiger partial charge is 0.406 e. The van der Waals surface area contributed by atoms with Crippen molar-refractivity contribution in [2.45, 2.75) is 44.0 Å². The van der Waals surface area contributed by atoms with Gasteiger partial charge in [0.25, 0.3) is 6.29 Å². The van der Waals surface area contributed by atoms with Crippen molar-refractivity contribution in [2.24, 2.45) is 5.16 Å². The third kappa shape index (κ3) is 7.09. The van der Waals surface area contributed by atoms with E-state index in [0.717, 1.165) is 11.1 Å². The highest BCUT2D eigenvalue weighted by atomic mass is 19.4.